The Morgan fingerprint density at radius 3 is 2.12 bits per heavy atom. The van der Waals surface area contributed by atoms with Gasteiger partial charge in [0.25, 0.3) is 15.9 Å². The first-order chi connectivity index (χ1) is 15.8. The number of anilines is 1. The number of esters is 1. The summed E-state index contributed by atoms with van der Waals surface area (Å²) in [7, 11) is -4.05. The van der Waals surface area contributed by atoms with Gasteiger partial charge >= 0.3 is 5.97 Å². The van der Waals surface area contributed by atoms with Crippen LogP contribution in [0.2, 0.25) is 5.02 Å². The quantitative estimate of drug-likeness (QED) is 0.332. The molecule has 0 saturated carbocycles. The zero-order valence-corrected chi connectivity index (χ0v) is 19.6. The second-order valence-electron chi connectivity index (χ2n) is 6.75. The fraction of sp³-hybridized carbons (Fsp3) is 0.167. The maximum absolute atomic E-state index is 13.3. The molecule has 2 aromatic rings. The molecule has 2 rings (SSSR count). The van der Waals surface area contributed by atoms with Crippen LogP contribution in [0.15, 0.2) is 91.4 Å². The van der Waals surface area contributed by atoms with E-state index in [0.717, 1.165) is 10.4 Å². The molecule has 2 aromatic carbocycles. The highest BCUT2D eigenvalue weighted by Gasteiger charge is 2.26. The molecule has 0 saturated heterocycles. The number of halogens is 1. The van der Waals surface area contributed by atoms with Crippen LogP contribution in [0.3, 0.4) is 0 Å². The Morgan fingerprint density at radius 2 is 1.55 bits per heavy atom. The van der Waals surface area contributed by atoms with E-state index in [1.807, 2.05) is 0 Å². The summed E-state index contributed by atoms with van der Waals surface area (Å²) in [6, 6.07) is 12.2. The molecule has 0 aliphatic rings. The molecule has 33 heavy (non-hydrogen) atoms. The number of ether oxygens (including phenoxy) is 1. The lowest BCUT2D eigenvalue weighted by atomic mass is 10.2. The van der Waals surface area contributed by atoms with E-state index in [2.05, 4.69) is 19.7 Å². The van der Waals surface area contributed by atoms with Crippen molar-refractivity contribution in [3.8, 4) is 0 Å². The molecule has 0 radical (unpaired) electrons. The first-order valence-electron chi connectivity index (χ1n) is 9.91. The number of hydrogen-bond acceptors (Lipinski definition) is 5. The van der Waals surface area contributed by atoms with E-state index in [9.17, 15) is 18.0 Å². The van der Waals surface area contributed by atoms with Crippen molar-refractivity contribution in [3.05, 3.63) is 97.1 Å². The number of amides is 1. The van der Waals surface area contributed by atoms with Crippen LogP contribution in [-0.2, 0) is 19.6 Å². The first kappa shape index (κ1) is 25.9. The molecule has 0 N–H and O–H groups in total. The molecular weight excluding hydrogens is 464 g/mol. The van der Waals surface area contributed by atoms with E-state index in [1.165, 1.54) is 35.3 Å². The zero-order valence-electron chi connectivity index (χ0n) is 18.0. The average Bonchev–Trinajstić information content (AvgIpc) is 2.81. The van der Waals surface area contributed by atoms with Crippen molar-refractivity contribution in [2.45, 2.75) is 4.90 Å². The molecule has 0 bridgehead atoms. The highest BCUT2D eigenvalue weighted by molar-refractivity contribution is 7.92. The molecule has 0 unspecified atom stereocenters. The lowest BCUT2D eigenvalue weighted by molar-refractivity contribution is -0.133. The van der Waals surface area contributed by atoms with Gasteiger partial charge in [0.05, 0.1) is 27.7 Å². The molecule has 1 amide bonds. The monoisotopic (exact) mass is 488 g/mol. The molecule has 0 atom stereocenters. The number of sulfonamides is 1. The van der Waals surface area contributed by atoms with Crippen molar-refractivity contribution in [1.82, 2.24) is 4.90 Å². The van der Waals surface area contributed by atoms with Crippen molar-refractivity contribution in [3.63, 3.8) is 0 Å². The Balaban J connectivity index is 2.29. The van der Waals surface area contributed by atoms with Crippen LogP contribution in [0.4, 0.5) is 5.69 Å². The summed E-state index contributed by atoms with van der Waals surface area (Å²) in [6.07, 6.45) is 4.53. The molecular formula is C24H25ClN2O5S. The van der Waals surface area contributed by atoms with Gasteiger partial charge < -0.3 is 9.64 Å². The molecule has 174 valence electrons. The first-order valence-corrected chi connectivity index (χ1v) is 11.7. The average molecular weight is 489 g/mol. The second-order valence-corrected chi connectivity index (χ2v) is 9.02. The molecule has 0 aromatic heterocycles. The van der Waals surface area contributed by atoms with Crippen LogP contribution < -0.4 is 4.31 Å². The van der Waals surface area contributed by atoms with E-state index in [-0.39, 0.29) is 35.1 Å². The highest BCUT2D eigenvalue weighted by Crippen LogP contribution is 2.27. The van der Waals surface area contributed by atoms with Gasteiger partial charge in [0.15, 0.2) is 6.61 Å². The normalized spacial score (nSPS) is 10.7. The number of rotatable bonds is 12. The summed E-state index contributed by atoms with van der Waals surface area (Å²) in [5, 5.41) is -0.00424. The maximum Gasteiger partial charge on any atom is 0.340 e. The maximum atomic E-state index is 13.3. The Labute approximate surface area is 199 Å². The summed E-state index contributed by atoms with van der Waals surface area (Å²) >= 11 is 6.13. The van der Waals surface area contributed by atoms with E-state index in [4.69, 9.17) is 16.3 Å². The van der Waals surface area contributed by atoms with Gasteiger partial charge in [0, 0.05) is 13.1 Å². The van der Waals surface area contributed by atoms with Crippen molar-refractivity contribution >= 4 is 39.2 Å². The number of hydrogen-bond donors (Lipinski definition) is 0. The minimum Gasteiger partial charge on any atom is -0.452 e. The predicted molar refractivity (Wildman–Crippen MR) is 130 cm³/mol. The van der Waals surface area contributed by atoms with Crippen molar-refractivity contribution in [1.29, 1.82) is 0 Å². The van der Waals surface area contributed by atoms with Crippen molar-refractivity contribution < 1.29 is 22.7 Å². The Bertz CT molecular complexity index is 1120. The number of nitrogens with zero attached hydrogens (tertiary/aromatic N) is 2. The van der Waals surface area contributed by atoms with Crippen LogP contribution in [0.5, 0.6) is 0 Å². The van der Waals surface area contributed by atoms with E-state index in [0.29, 0.717) is 5.69 Å². The number of benzene rings is 2. The van der Waals surface area contributed by atoms with Crippen LogP contribution in [0.1, 0.15) is 10.4 Å². The summed E-state index contributed by atoms with van der Waals surface area (Å²) in [5.41, 5.74) is 0.266. The van der Waals surface area contributed by atoms with Crippen LogP contribution in [-0.4, -0.2) is 51.4 Å². The molecule has 9 heteroatoms. The molecule has 0 fully saturated rings. The van der Waals surface area contributed by atoms with Gasteiger partial charge in [-0.15, -0.1) is 19.7 Å². The largest absolute Gasteiger partial charge is 0.452 e. The summed E-state index contributed by atoms with van der Waals surface area (Å²) in [6.45, 7) is 10.8. The van der Waals surface area contributed by atoms with Gasteiger partial charge in [0.1, 0.15) is 0 Å². The fourth-order valence-corrected chi connectivity index (χ4v) is 4.55. The van der Waals surface area contributed by atoms with Crippen molar-refractivity contribution in [2.24, 2.45) is 0 Å². The van der Waals surface area contributed by atoms with Gasteiger partial charge in [-0.3, -0.25) is 9.10 Å². The summed E-state index contributed by atoms with van der Waals surface area (Å²) in [4.78, 5) is 26.1. The second kappa shape index (κ2) is 12.0. The topological polar surface area (TPSA) is 84.0 Å². The van der Waals surface area contributed by atoms with Gasteiger partial charge in [-0.25, -0.2) is 13.2 Å². The number of para-hydroxylation sites is 1. The SMILES string of the molecule is C=CCN(CC=C)C(=O)COC(=O)c1cc(S(=O)(=O)N(CC=C)c2ccccc2)ccc1Cl. The van der Waals surface area contributed by atoms with E-state index >= 15 is 0 Å². The molecule has 0 aliphatic heterocycles. The lowest BCUT2D eigenvalue weighted by Crippen LogP contribution is -2.35. The lowest BCUT2D eigenvalue weighted by Gasteiger charge is -2.23. The number of carbonyl (C=O) groups is 2. The Morgan fingerprint density at radius 1 is 0.939 bits per heavy atom. The standard InChI is InChI=1S/C24H25ClN2O5S/c1-4-14-26(15-5-2)23(28)18-32-24(29)21-17-20(12-13-22(21)25)33(30,31)27(16-6-3)19-10-8-7-9-11-19/h4-13,17H,1-3,14-16,18H2. The third kappa shape index (κ3) is 6.57. The Kier molecular flexibility index (Phi) is 9.44. The third-order valence-corrected chi connectivity index (χ3v) is 6.58. The minimum absolute atomic E-state index is 0.00424. The molecule has 7 nitrogen and oxygen atoms in total. The van der Waals surface area contributed by atoms with Crippen molar-refractivity contribution in [2.75, 3.05) is 30.5 Å². The fourth-order valence-electron chi connectivity index (χ4n) is 2.89. The minimum atomic E-state index is -4.05. The Hall–Kier alpha value is -3.36. The smallest absolute Gasteiger partial charge is 0.340 e. The molecule has 0 spiro atoms. The predicted octanol–water partition coefficient (Wildman–Crippen LogP) is 4.08. The van der Waals surface area contributed by atoms with Crippen LogP contribution >= 0.6 is 11.6 Å². The third-order valence-electron chi connectivity index (χ3n) is 4.46. The van der Waals surface area contributed by atoms with E-state index in [1.54, 1.807) is 30.3 Å². The van der Waals surface area contributed by atoms with E-state index < -0.39 is 28.5 Å². The van der Waals surface area contributed by atoms with Crippen LogP contribution in [0, 0.1) is 0 Å². The summed E-state index contributed by atoms with van der Waals surface area (Å²) in [5.74, 6) is -1.37. The molecule has 0 heterocycles. The highest BCUT2D eigenvalue weighted by atomic mass is 35.5. The van der Waals surface area contributed by atoms with Gasteiger partial charge in [0.2, 0.25) is 0 Å². The van der Waals surface area contributed by atoms with Gasteiger partial charge in [-0.05, 0) is 30.3 Å². The van der Waals surface area contributed by atoms with Gasteiger partial charge in [-0.1, -0.05) is 48.0 Å². The van der Waals surface area contributed by atoms with Gasteiger partial charge in [-0.2, -0.15) is 0 Å². The zero-order chi connectivity index (χ0) is 24.4. The molecule has 0 aliphatic carbocycles. The summed E-state index contributed by atoms with van der Waals surface area (Å²) < 4.78 is 32.9. The van der Waals surface area contributed by atoms with Crippen LogP contribution in [0.25, 0.3) is 0 Å². The number of carbonyl (C=O) groups excluding carboxylic acids is 2.